The van der Waals surface area contributed by atoms with Gasteiger partial charge in [-0.25, -0.2) is 9.37 Å². The molecule has 0 amide bonds. The van der Waals surface area contributed by atoms with Crippen LogP contribution in [0.15, 0.2) is 24.3 Å². The van der Waals surface area contributed by atoms with Crippen LogP contribution in [-0.4, -0.2) is 50.3 Å². The fourth-order valence-corrected chi connectivity index (χ4v) is 5.15. The molecule has 0 bridgehead atoms. The second-order valence-corrected chi connectivity index (χ2v) is 8.42. The predicted molar refractivity (Wildman–Crippen MR) is 111 cm³/mol. The van der Waals surface area contributed by atoms with Crippen molar-refractivity contribution in [2.45, 2.75) is 39.2 Å². The molecule has 1 fully saturated rings. The quantitative estimate of drug-likeness (QED) is 0.600. The van der Waals surface area contributed by atoms with E-state index in [0.717, 1.165) is 24.9 Å². The van der Waals surface area contributed by atoms with Crippen LogP contribution in [0.4, 0.5) is 4.39 Å². The molecular weight excluding hydrogens is 407 g/mol. The van der Waals surface area contributed by atoms with Crippen LogP contribution in [0, 0.1) is 11.7 Å². The fraction of sp³-hybridized carbons (Fsp3) is 0.476. The van der Waals surface area contributed by atoms with Crippen molar-refractivity contribution in [3.05, 3.63) is 46.3 Å². The van der Waals surface area contributed by atoms with Crippen LogP contribution in [-0.2, 0) is 16.0 Å². The molecule has 1 N–H and O–H groups in total. The fourth-order valence-electron chi connectivity index (χ4n) is 4.02. The number of aryl methyl sites for hydroxylation is 1. The number of carbonyl (C=O) groups excluding carboxylic acids is 1. The zero-order valence-corrected chi connectivity index (χ0v) is 17.9. The van der Waals surface area contributed by atoms with Gasteiger partial charge in [0.05, 0.1) is 23.4 Å². The zero-order valence-electron chi connectivity index (χ0n) is 17.0. The van der Waals surface area contributed by atoms with Crippen LogP contribution in [0.2, 0.25) is 0 Å². The van der Waals surface area contributed by atoms with Crippen molar-refractivity contribution in [3.8, 4) is 5.88 Å². The maximum atomic E-state index is 14.1. The molecule has 2 unspecified atom stereocenters. The Balaban J connectivity index is 1.75. The number of likely N-dealkylation sites (tertiary alicyclic amines) is 1. The van der Waals surface area contributed by atoms with E-state index in [2.05, 4.69) is 15.0 Å². The Bertz CT molecular complexity index is 1050. The number of thiazole rings is 1. The summed E-state index contributed by atoms with van der Waals surface area (Å²) in [6.45, 7) is 5.30. The summed E-state index contributed by atoms with van der Waals surface area (Å²) >= 11 is 1.34. The molecule has 2 aromatic heterocycles. The lowest BCUT2D eigenvalue weighted by Gasteiger charge is -2.37. The van der Waals surface area contributed by atoms with E-state index >= 15 is 0 Å². The molecule has 1 saturated heterocycles. The van der Waals surface area contributed by atoms with Crippen LogP contribution >= 0.6 is 11.3 Å². The third kappa shape index (κ3) is 3.91. The molecule has 30 heavy (non-hydrogen) atoms. The van der Waals surface area contributed by atoms with Gasteiger partial charge in [0.1, 0.15) is 5.82 Å². The SMILES string of the molecule is CCOC(=O)C1CCCN(C(c2cccc(F)c2)c2sc3nc(CC)nn3c2O)C1. The monoisotopic (exact) mass is 432 g/mol. The van der Waals surface area contributed by atoms with Gasteiger partial charge in [-0.15, -0.1) is 5.10 Å². The number of hydrogen-bond acceptors (Lipinski definition) is 7. The highest BCUT2D eigenvalue weighted by atomic mass is 32.1. The molecule has 1 aromatic carbocycles. The van der Waals surface area contributed by atoms with E-state index in [4.69, 9.17) is 4.74 Å². The molecule has 1 aliphatic rings. The van der Waals surface area contributed by atoms with Gasteiger partial charge in [0.2, 0.25) is 10.8 Å². The van der Waals surface area contributed by atoms with Crippen LogP contribution in [0.25, 0.3) is 4.96 Å². The van der Waals surface area contributed by atoms with Gasteiger partial charge in [-0.1, -0.05) is 30.4 Å². The predicted octanol–water partition coefficient (Wildman–Crippen LogP) is 3.56. The van der Waals surface area contributed by atoms with Crippen molar-refractivity contribution in [3.63, 3.8) is 0 Å². The van der Waals surface area contributed by atoms with Gasteiger partial charge in [-0.2, -0.15) is 4.52 Å². The van der Waals surface area contributed by atoms with Gasteiger partial charge in [-0.05, 0) is 44.0 Å². The number of aromatic nitrogens is 3. The zero-order chi connectivity index (χ0) is 21.3. The lowest BCUT2D eigenvalue weighted by molar-refractivity contribution is -0.150. The van der Waals surface area contributed by atoms with Gasteiger partial charge >= 0.3 is 5.97 Å². The number of fused-ring (bicyclic) bond motifs is 1. The molecule has 9 heteroatoms. The summed E-state index contributed by atoms with van der Waals surface area (Å²) in [6, 6.07) is 5.97. The third-order valence-electron chi connectivity index (χ3n) is 5.41. The number of hydrogen-bond donors (Lipinski definition) is 1. The van der Waals surface area contributed by atoms with E-state index < -0.39 is 6.04 Å². The van der Waals surface area contributed by atoms with Crippen molar-refractivity contribution in [1.29, 1.82) is 0 Å². The van der Waals surface area contributed by atoms with Gasteiger partial charge in [0.25, 0.3) is 0 Å². The number of benzene rings is 1. The molecule has 2 atom stereocenters. The molecule has 0 saturated carbocycles. The lowest BCUT2D eigenvalue weighted by Crippen LogP contribution is -2.41. The highest BCUT2D eigenvalue weighted by molar-refractivity contribution is 7.17. The summed E-state index contributed by atoms with van der Waals surface area (Å²) in [5.74, 6) is -0.130. The third-order valence-corrected chi connectivity index (χ3v) is 6.48. The average Bonchev–Trinajstić information content (AvgIpc) is 3.28. The summed E-state index contributed by atoms with van der Waals surface area (Å²) in [5, 5.41) is 15.3. The highest BCUT2D eigenvalue weighted by Gasteiger charge is 2.35. The second kappa shape index (κ2) is 8.69. The topological polar surface area (TPSA) is 80.0 Å². The second-order valence-electron chi connectivity index (χ2n) is 7.41. The number of nitrogens with zero attached hydrogens (tertiary/aromatic N) is 4. The summed E-state index contributed by atoms with van der Waals surface area (Å²) in [6.07, 6.45) is 2.24. The Hall–Kier alpha value is -2.52. The lowest BCUT2D eigenvalue weighted by atomic mass is 9.94. The Morgan fingerprint density at radius 3 is 2.97 bits per heavy atom. The first-order chi connectivity index (χ1) is 14.5. The highest BCUT2D eigenvalue weighted by Crippen LogP contribution is 2.41. The van der Waals surface area contributed by atoms with E-state index in [0.29, 0.717) is 35.2 Å². The van der Waals surface area contributed by atoms with Gasteiger partial charge in [-0.3, -0.25) is 9.69 Å². The molecule has 7 nitrogen and oxygen atoms in total. The number of esters is 1. The van der Waals surface area contributed by atoms with E-state index in [1.165, 1.54) is 28.0 Å². The number of halogens is 1. The minimum atomic E-state index is -0.406. The van der Waals surface area contributed by atoms with Crippen LogP contribution < -0.4 is 0 Å². The molecule has 0 aliphatic carbocycles. The van der Waals surface area contributed by atoms with E-state index in [1.807, 2.05) is 13.0 Å². The van der Waals surface area contributed by atoms with Crippen LogP contribution in [0.3, 0.4) is 0 Å². The largest absolute Gasteiger partial charge is 0.492 e. The Morgan fingerprint density at radius 1 is 1.43 bits per heavy atom. The summed E-state index contributed by atoms with van der Waals surface area (Å²) < 4.78 is 20.7. The molecule has 160 valence electrons. The van der Waals surface area contributed by atoms with E-state index in [9.17, 15) is 14.3 Å². The molecule has 1 aliphatic heterocycles. The van der Waals surface area contributed by atoms with Crippen molar-refractivity contribution < 1.29 is 19.0 Å². The maximum absolute atomic E-state index is 14.1. The number of aromatic hydroxyl groups is 1. The molecule has 3 aromatic rings. The van der Waals surface area contributed by atoms with Gasteiger partial charge < -0.3 is 9.84 Å². The van der Waals surface area contributed by atoms with Gasteiger partial charge in [0.15, 0.2) is 5.82 Å². The van der Waals surface area contributed by atoms with Crippen LogP contribution in [0.1, 0.15) is 49.0 Å². The molecule has 0 radical (unpaired) electrons. The number of rotatable bonds is 6. The Morgan fingerprint density at radius 2 is 2.27 bits per heavy atom. The van der Waals surface area contributed by atoms with Crippen molar-refractivity contribution >= 4 is 22.3 Å². The van der Waals surface area contributed by atoms with E-state index in [-0.39, 0.29) is 23.6 Å². The molecule has 0 spiro atoms. The number of carbonyl (C=O) groups is 1. The summed E-state index contributed by atoms with van der Waals surface area (Å²) in [4.78, 5) is 20.2. The minimum absolute atomic E-state index is 0.00900. The summed E-state index contributed by atoms with van der Waals surface area (Å²) in [5.41, 5.74) is 0.718. The molecule has 4 rings (SSSR count). The first-order valence-corrected chi connectivity index (χ1v) is 11.1. The average molecular weight is 433 g/mol. The Labute approximate surface area is 178 Å². The Kier molecular flexibility index (Phi) is 6.01. The minimum Gasteiger partial charge on any atom is -0.492 e. The normalized spacial score (nSPS) is 18.6. The van der Waals surface area contributed by atoms with Crippen molar-refractivity contribution in [2.24, 2.45) is 5.92 Å². The van der Waals surface area contributed by atoms with E-state index in [1.54, 1.807) is 13.0 Å². The molecule has 3 heterocycles. The summed E-state index contributed by atoms with van der Waals surface area (Å²) in [7, 11) is 0. The van der Waals surface area contributed by atoms with Crippen LogP contribution in [0.5, 0.6) is 5.88 Å². The number of ether oxygens (including phenoxy) is 1. The maximum Gasteiger partial charge on any atom is 0.310 e. The van der Waals surface area contributed by atoms with Crippen molar-refractivity contribution in [1.82, 2.24) is 19.5 Å². The smallest absolute Gasteiger partial charge is 0.310 e. The van der Waals surface area contributed by atoms with Crippen molar-refractivity contribution in [2.75, 3.05) is 19.7 Å². The standard InChI is InChI=1S/C21H25FN4O3S/c1-3-16-23-21-26(24-16)19(27)18(30-21)17(13-7-5-9-15(22)11-13)25-10-6-8-14(12-25)20(28)29-4-2/h5,7,9,11,14,17,27H,3-4,6,8,10,12H2,1-2H3. The molecular formula is C21H25FN4O3S. The first kappa shape index (κ1) is 20.7. The number of piperidine rings is 1. The first-order valence-electron chi connectivity index (χ1n) is 10.2. The van der Waals surface area contributed by atoms with Gasteiger partial charge in [0, 0.05) is 13.0 Å².